The van der Waals surface area contributed by atoms with Crippen molar-refractivity contribution in [3.63, 3.8) is 0 Å². The second-order valence-corrected chi connectivity index (χ2v) is 6.91. The Morgan fingerprint density at radius 2 is 1.82 bits per heavy atom. The molecule has 0 rings (SSSR count). The van der Waals surface area contributed by atoms with Gasteiger partial charge in [0.1, 0.15) is 6.10 Å². The molecule has 0 heterocycles. The van der Waals surface area contributed by atoms with Crippen LogP contribution in [0.2, 0.25) is 6.04 Å². The van der Waals surface area contributed by atoms with Crippen molar-refractivity contribution < 1.29 is 18.1 Å². The van der Waals surface area contributed by atoms with E-state index in [1.54, 1.807) is 14.2 Å². The molecule has 6 heteroatoms. The summed E-state index contributed by atoms with van der Waals surface area (Å²) < 4.78 is 16.5. The maximum absolute atomic E-state index is 11.3. The Balaban J connectivity index is 4.60. The summed E-state index contributed by atoms with van der Waals surface area (Å²) in [4.78, 5) is 11.3. The predicted octanol–water partition coefficient (Wildman–Crippen LogP) is 1.69. The van der Waals surface area contributed by atoms with E-state index in [0.29, 0.717) is 12.5 Å². The van der Waals surface area contributed by atoms with Crippen LogP contribution in [0, 0.1) is 0 Å². The Kier molecular flexibility index (Phi) is 8.41. The van der Waals surface area contributed by atoms with E-state index in [9.17, 15) is 4.79 Å². The van der Waals surface area contributed by atoms with Gasteiger partial charge in [0.25, 0.3) is 0 Å². The number of hydrogen-bond acceptors (Lipinski definition) is 4. The highest BCUT2D eigenvalue weighted by Gasteiger charge is 2.41. The van der Waals surface area contributed by atoms with Crippen molar-refractivity contribution in [1.29, 1.82) is 0 Å². The van der Waals surface area contributed by atoms with Gasteiger partial charge in [-0.1, -0.05) is 33.1 Å². The lowest BCUT2D eigenvalue weighted by Gasteiger charge is -2.29. The highest BCUT2D eigenvalue weighted by atomic mass is 28.4. The minimum absolute atomic E-state index is 0.444. The summed E-state index contributed by atoms with van der Waals surface area (Å²) in [6, 6.07) is 0.690. The molecule has 0 saturated heterocycles. The molecule has 2 N–H and O–H groups in total. The standard InChI is InChI=1S/C11H25NO4Si/c1-5-7-8-10(11(12)13)16-17(14-3,15-4)9-6-2/h10H,5-9H2,1-4H3,(H2,12,13). The van der Waals surface area contributed by atoms with Crippen molar-refractivity contribution in [2.24, 2.45) is 5.73 Å². The average molecular weight is 263 g/mol. The van der Waals surface area contributed by atoms with E-state index in [1.807, 2.05) is 6.92 Å². The highest BCUT2D eigenvalue weighted by molar-refractivity contribution is 6.60. The average Bonchev–Trinajstić information content (AvgIpc) is 2.33. The number of nitrogens with two attached hydrogens (primary N) is 1. The van der Waals surface area contributed by atoms with Crippen LogP contribution in [0.3, 0.4) is 0 Å². The summed E-state index contributed by atoms with van der Waals surface area (Å²) >= 11 is 0. The van der Waals surface area contributed by atoms with Crippen molar-refractivity contribution in [2.45, 2.75) is 51.7 Å². The van der Waals surface area contributed by atoms with Crippen LogP contribution < -0.4 is 5.73 Å². The lowest BCUT2D eigenvalue weighted by molar-refractivity contribution is -0.127. The quantitative estimate of drug-likeness (QED) is 0.609. The smallest absolute Gasteiger partial charge is 0.377 e. The van der Waals surface area contributed by atoms with Gasteiger partial charge in [-0.15, -0.1) is 0 Å². The molecule has 1 unspecified atom stereocenters. The van der Waals surface area contributed by atoms with E-state index in [0.717, 1.165) is 19.3 Å². The second kappa shape index (κ2) is 8.63. The zero-order valence-corrected chi connectivity index (χ0v) is 12.3. The van der Waals surface area contributed by atoms with Gasteiger partial charge < -0.3 is 19.0 Å². The predicted molar refractivity (Wildman–Crippen MR) is 68.5 cm³/mol. The second-order valence-electron chi connectivity index (χ2n) is 3.99. The number of rotatable bonds is 10. The Bertz CT molecular complexity index is 222. The topological polar surface area (TPSA) is 70.8 Å². The SMILES string of the molecule is CCCCC(O[Si](CCC)(OC)OC)C(N)=O. The van der Waals surface area contributed by atoms with Crippen LogP contribution in [0.25, 0.3) is 0 Å². The minimum atomic E-state index is -2.72. The van der Waals surface area contributed by atoms with Gasteiger partial charge in [-0.3, -0.25) is 4.79 Å². The van der Waals surface area contributed by atoms with E-state index in [1.165, 1.54) is 0 Å². The molecule has 1 atom stereocenters. The van der Waals surface area contributed by atoms with Crippen LogP contribution in [0.5, 0.6) is 0 Å². The Labute approximate surface area is 105 Å². The normalized spacial score (nSPS) is 13.6. The third-order valence-corrected chi connectivity index (χ3v) is 5.64. The van der Waals surface area contributed by atoms with E-state index < -0.39 is 20.8 Å². The lowest BCUT2D eigenvalue weighted by atomic mass is 10.1. The number of hydrogen-bond donors (Lipinski definition) is 1. The molecular formula is C11H25NO4Si. The molecule has 0 aromatic rings. The number of carbonyl (C=O) groups is 1. The van der Waals surface area contributed by atoms with E-state index >= 15 is 0 Å². The summed E-state index contributed by atoms with van der Waals surface area (Å²) in [5.74, 6) is -0.444. The zero-order valence-electron chi connectivity index (χ0n) is 11.3. The number of unbranched alkanes of at least 4 members (excludes halogenated alkanes) is 1. The van der Waals surface area contributed by atoms with Crippen molar-refractivity contribution in [3.8, 4) is 0 Å². The van der Waals surface area contributed by atoms with Crippen molar-refractivity contribution in [2.75, 3.05) is 14.2 Å². The first-order valence-electron chi connectivity index (χ1n) is 6.12. The molecule has 0 radical (unpaired) electrons. The first kappa shape index (κ1) is 16.6. The van der Waals surface area contributed by atoms with Crippen LogP contribution in [-0.2, 0) is 18.1 Å². The Morgan fingerprint density at radius 1 is 1.24 bits per heavy atom. The molecule has 1 amide bonds. The van der Waals surface area contributed by atoms with Gasteiger partial charge in [0.15, 0.2) is 0 Å². The van der Waals surface area contributed by atoms with Crippen molar-refractivity contribution in [1.82, 2.24) is 0 Å². The molecule has 0 fully saturated rings. The van der Waals surface area contributed by atoms with Gasteiger partial charge in [0.05, 0.1) is 0 Å². The molecule has 0 saturated carbocycles. The van der Waals surface area contributed by atoms with Crippen LogP contribution in [0.15, 0.2) is 0 Å². The third kappa shape index (κ3) is 5.63. The summed E-state index contributed by atoms with van der Waals surface area (Å²) in [5, 5.41) is 0. The molecule has 0 bridgehead atoms. The fourth-order valence-electron chi connectivity index (χ4n) is 1.61. The maximum Gasteiger partial charge on any atom is 0.501 e. The van der Waals surface area contributed by atoms with Gasteiger partial charge in [0, 0.05) is 20.3 Å². The largest absolute Gasteiger partial charge is 0.501 e. The summed E-state index contributed by atoms with van der Waals surface area (Å²) in [7, 11) is 0.397. The Morgan fingerprint density at radius 3 is 2.18 bits per heavy atom. The molecule has 0 spiro atoms. The fourth-order valence-corrected chi connectivity index (χ4v) is 3.78. The van der Waals surface area contributed by atoms with Crippen LogP contribution in [0.4, 0.5) is 0 Å². The van der Waals surface area contributed by atoms with E-state index in [2.05, 4.69) is 6.92 Å². The number of carbonyl (C=O) groups excluding carboxylic acids is 1. The number of amides is 1. The van der Waals surface area contributed by atoms with Gasteiger partial charge in [-0.05, 0) is 6.42 Å². The summed E-state index contributed by atoms with van der Waals surface area (Å²) in [6.07, 6.45) is 2.80. The molecule has 17 heavy (non-hydrogen) atoms. The lowest BCUT2D eigenvalue weighted by Crippen LogP contribution is -2.49. The summed E-state index contributed by atoms with van der Waals surface area (Å²) in [5.41, 5.74) is 5.34. The Hall–Kier alpha value is -0.433. The van der Waals surface area contributed by atoms with Crippen molar-refractivity contribution in [3.05, 3.63) is 0 Å². The molecule has 0 aliphatic heterocycles. The zero-order chi connectivity index (χ0) is 13.3. The summed E-state index contributed by atoms with van der Waals surface area (Å²) in [6.45, 7) is 4.08. The van der Waals surface area contributed by atoms with Crippen molar-refractivity contribution >= 4 is 14.7 Å². The van der Waals surface area contributed by atoms with Gasteiger partial charge in [0.2, 0.25) is 5.91 Å². The minimum Gasteiger partial charge on any atom is -0.377 e. The molecule has 102 valence electrons. The third-order valence-electron chi connectivity index (χ3n) is 2.64. The molecular weight excluding hydrogens is 238 g/mol. The van der Waals surface area contributed by atoms with E-state index in [4.69, 9.17) is 19.0 Å². The fraction of sp³-hybridized carbons (Fsp3) is 0.909. The molecule has 0 aliphatic carbocycles. The van der Waals surface area contributed by atoms with E-state index in [-0.39, 0.29) is 0 Å². The molecule has 0 aromatic carbocycles. The van der Waals surface area contributed by atoms with Gasteiger partial charge >= 0.3 is 8.80 Å². The number of primary amides is 1. The first-order chi connectivity index (χ1) is 8.05. The van der Waals surface area contributed by atoms with Gasteiger partial charge in [-0.2, -0.15) is 0 Å². The van der Waals surface area contributed by atoms with Crippen LogP contribution in [0.1, 0.15) is 39.5 Å². The molecule has 0 aromatic heterocycles. The first-order valence-corrected chi connectivity index (χ1v) is 8.05. The maximum atomic E-state index is 11.3. The van der Waals surface area contributed by atoms with Gasteiger partial charge in [-0.25, -0.2) is 0 Å². The molecule has 0 aliphatic rings. The monoisotopic (exact) mass is 263 g/mol. The van der Waals surface area contributed by atoms with Crippen LogP contribution in [-0.4, -0.2) is 35.0 Å². The molecule has 5 nitrogen and oxygen atoms in total. The highest BCUT2D eigenvalue weighted by Crippen LogP contribution is 2.20. The van der Waals surface area contributed by atoms with Crippen LogP contribution >= 0.6 is 0 Å².